The van der Waals surface area contributed by atoms with E-state index in [4.69, 9.17) is 10.5 Å². The number of thioether (sulfide) groups is 1. The number of benzene rings is 1. The van der Waals surface area contributed by atoms with Crippen molar-refractivity contribution in [1.82, 2.24) is 5.32 Å². The molecular weight excluding hydrogens is 248 g/mol. The van der Waals surface area contributed by atoms with Gasteiger partial charge in [-0.1, -0.05) is 0 Å². The topological polar surface area (TPSA) is 64.3 Å². The lowest BCUT2D eigenvalue weighted by Crippen LogP contribution is -2.34. The summed E-state index contributed by atoms with van der Waals surface area (Å²) < 4.78 is 5.50. The monoisotopic (exact) mass is 266 g/mol. The van der Waals surface area contributed by atoms with Crippen LogP contribution in [0.5, 0.6) is 5.75 Å². The highest BCUT2D eigenvalue weighted by atomic mass is 32.2. The Labute approximate surface area is 111 Å². The number of amides is 1. The molecule has 1 aromatic rings. The molecule has 1 amide bonds. The van der Waals surface area contributed by atoms with Gasteiger partial charge in [0.25, 0.3) is 0 Å². The number of rotatable bonds is 5. The number of hydrogen-bond acceptors (Lipinski definition) is 4. The smallest absolute Gasteiger partial charge is 0.233 e. The summed E-state index contributed by atoms with van der Waals surface area (Å²) in [5, 5.41) is 3.04. The van der Waals surface area contributed by atoms with Crippen molar-refractivity contribution in [3.63, 3.8) is 0 Å². The van der Waals surface area contributed by atoms with Gasteiger partial charge in [-0.15, -0.1) is 11.8 Å². The van der Waals surface area contributed by atoms with E-state index in [1.165, 1.54) is 0 Å². The van der Waals surface area contributed by atoms with Gasteiger partial charge in [-0.25, -0.2) is 0 Å². The normalized spacial score (nSPS) is 18.6. The fraction of sp³-hybridized carbons (Fsp3) is 0.462. The molecular formula is C13H18N2O2S. The highest BCUT2D eigenvalue weighted by Gasteiger charge is 2.22. The number of nitrogens with one attached hydrogen (secondary N) is 1. The zero-order chi connectivity index (χ0) is 12.8. The lowest BCUT2D eigenvalue weighted by Gasteiger charge is -2.10. The third-order valence-electron chi connectivity index (χ3n) is 2.77. The molecule has 2 rings (SSSR count). The van der Waals surface area contributed by atoms with Crippen LogP contribution in [0.4, 0.5) is 5.69 Å². The summed E-state index contributed by atoms with van der Waals surface area (Å²) in [7, 11) is 0. The van der Waals surface area contributed by atoms with Gasteiger partial charge >= 0.3 is 0 Å². The molecule has 0 spiro atoms. The van der Waals surface area contributed by atoms with Crippen LogP contribution in [-0.2, 0) is 4.79 Å². The minimum Gasteiger partial charge on any atom is -0.492 e. The average molecular weight is 266 g/mol. The van der Waals surface area contributed by atoms with E-state index in [0.717, 1.165) is 24.3 Å². The maximum atomic E-state index is 11.7. The second-order valence-corrected chi connectivity index (χ2v) is 5.52. The van der Waals surface area contributed by atoms with Gasteiger partial charge in [0.1, 0.15) is 12.4 Å². The van der Waals surface area contributed by atoms with E-state index < -0.39 is 0 Å². The first kappa shape index (κ1) is 13.1. The quantitative estimate of drug-likeness (QED) is 0.628. The lowest BCUT2D eigenvalue weighted by atomic mass is 10.2. The zero-order valence-electron chi connectivity index (χ0n) is 10.2. The number of anilines is 1. The van der Waals surface area contributed by atoms with E-state index in [9.17, 15) is 4.79 Å². The van der Waals surface area contributed by atoms with Crippen molar-refractivity contribution >= 4 is 23.4 Å². The van der Waals surface area contributed by atoms with Crippen LogP contribution in [0.25, 0.3) is 0 Å². The first-order chi connectivity index (χ1) is 8.75. The second-order valence-electron chi connectivity index (χ2n) is 4.21. The summed E-state index contributed by atoms with van der Waals surface area (Å²) in [6.45, 7) is 1.02. The van der Waals surface area contributed by atoms with E-state index in [2.05, 4.69) is 5.32 Å². The standard InChI is InChI=1S/C13H18N2O2S/c14-10-3-5-11(6-4-10)17-8-7-15-13(16)12-2-1-9-18-12/h3-6,12H,1-2,7-9,14H2,(H,15,16). The highest BCUT2D eigenvalue weighted by molar-refractivity contribution is 8.00. The molecule has 4 nitrogen and oxygen atoms in total. The molecule has 1 atom stereocenters. The Morgan fingerprint density at radius 1 is 1.44 bits per heavy atom. The molecule has 1 unspecified atom stereocenters. The van der Waals surface area contributed by atoms with E-state index in [-0.39, 0.29) is 11.2 Å². The minimum atomic E-state index is 0.137. The van der Waals surface area contributed by atoms with Crippen molar-refractivity contribution < 1.29 is 9.53 Å². The predicted octanol–water partition coefficient (Wildman–Crippen LogP) is 1.66. The van der Waals surface area contributed by atoms with Gasteiger partial charge in [-0.05, 0) is 42.9 Å². The molecule has 0 aromatic heterocycles. The van der Waals surface area contributed by atoms with Crippen LogP contribution in [-0.4, -0.2) is 30.1 Å². The molecule has 1 saturated heterocycles. The molecule has 1 aromatic carbocycles. The van der Waals surface area contributed by atoms with Gasteiger partial charge in [-0.2, -0.15) is 0 Å². The molecule has 1 fully saturated rings. The van der Waals surface area contributed by atoms with Gasteiger partial charge in [0.05, 0.1) is 11.8 Å². The Morgan fingerprint density at radius 3 is 2.89 bits per heavy atom. The summed E-state index contributed by atoms with van der Waals surface area (Å²) in [6.07, 6.45) is 2.14. The first-order valence-corrected chi connectivity index (χ1v) is 7.18. The molecule has 18 heavy (non-hydrogen) atoms. The fourth-order valence-corrected chi connectivity index (χ4v) is 2.99. The summed E-state index contributed by atoms with van der Waals surface area (Å²) in [5.41, 5.74) is 6.29. The Bertz CT molecular complexity index is 388. The van der Waals surface area contributed by atoms with Gasteiger partial charge in [0.2, 0.25) is 5.91 Å². The van der Waals surface area contributed by atoms with Crippen molar-refractivity contribution in [3.05, 3.63) is 24.3 Å². The van der Waals surface area contributed by atoms with Crippen LogP contribution in [0, 0.1) is 0 Å². The van der Waals surface area contributed by atoms with Crippen molar-refractivity contribution in [3.8, 4) is 5.75 Å². The number of carbonyl (C=O) groups excluding carboxylic acids is 1. The van der Waals surface area contributed by atoms with Crippen molar-refractivity contribution in [2.45, 2.75) is 18.1 Å². The second kappa shape index (κ2) is 6.54. The minimum absolute atomic E-state index is 0.137. The van der Waals surface area contributed by atoms with E-state index in [1.54, 1.807) is 23.9 Å². The largest absolute Gasteiger partial charge is 0.492 e. The van der Waals surface area contributed by atoms with Crippen molar-refractivity contribution in [2.24, 2.45) is 0 Å². The van der Waals surface area contributed by atoms with Gasteiger partial charge in [-0.3, -0.25) is 4.79 Å². The highest BCUT2D eigenvalue weighted by Crippen LogP contribution is 2.25. The van der Waals surface area contributed by atoms with Crippen LogP contribution < -0.4 is 15.8 Å². The molecule has 5 heteroatoms. The number of hydrogen-bond donors (Lipinski definition) is 2. The van der Waals surface area contributed by atoms with Crippen LogP contribution in [0.15, 0.2) is 24.3 Å². The molecule has 1 aliphatic rings. The Kier molecular flexibility index (Phi) is 4.75. The molecule has 0 saturated carbocycles. The maximum absolute atomic E-state index is 11.7. The third kappa shape index (κ3) is 3.84. The Hall–Kier alpha value is -1.36. The number of nitrogen functional groups attached to an aromatic ring is 1. The van der Waals surface area contributed by atoms with E-state index >= 15 is 0 Å². The van der Waals surface area contributed by atoms with Crippen LogP contribution in [0.1, 0.15) is 12.8 Å². The summed E-state index contributed by atoms with van der Waals surface area (Å²) in [6, 6.07) is 7.24. The average Bonchev–Trinajstić information content (AvgIpc) is 2.90. The predicted molar refractivity (Wildman–Crippen MR) is 74.8 cm³/mol. The van der Waals surface area contributed by atoms with Crippen molar-refractivity contribution in [1.29, 1.82) is 0 Å². The molecule has 3 N–H and O–H groups in total. The third-order valence-corrected chi connectivity index (χ3v) is 4.15. The van der Waals surface area contributed by atoms with Crippen LogP contribution in [0.2, 0.25) is 0 Å². The SMILES string of the molecule is Nc1ccc(OCCNC(=O)C2CCCS2)cc1. The van der Waals surface area contributed by atoms with Gasteiger partial charge in [0.15, 0.2) is 0 Å². The van der Waals surface area contributed by atoms with E-state index in [0.29, 0.717) is 18.8 Å². The summed E-state index contributed by atoms with van der Waals surface area (Å²) >= 11 is 1.74. The molecule has 98 valence electrons. The number of ether oxygens (including phenoxy) is 1. The van der Waals surface area contributed by atoms with Crippen LogP contribution in [0.3, 0.4) is 0 Å². The Balaban J connectivity index is 1.63. The van der Waals surface area contributed by atoms with Gasteiger partial charge < -0.3 is 15.8 Å². The molecule has 0 radical (unpaired) electrons. The number of carbonyl (C=O) groups is 1. The molecule has 0 bridgehead atoms. The Morgan fingerprint density at radius 2 is 2.22 bits per heavy atom. The molecule has 0 aliphatic carbocycles. The summed E-state index contributed by atoms with van der Waals surface area (Å²) in [5.74, 6) is 2.01. The molecule has 1 aliphatic heterocycles. The molecule has 1 heterocycles. The maximum Gasteiger partial charge on any atom is 0.233 e. The van der Waals surface area contributed by atoms with Crippen molar-refractivity contribution in [2.75, 3.05) is 24.6 Å². The fourth-order valence-electron chi connectivity index (χ4n) is 1.81. The zero-order valence-corrected chi connectivity index (χ0v) is 11.0. The summed E-state index contributed by atoms with van der Waals surface area (Å²) in [4.78, 5) is 11.7. The lowest BCUT2D eigenvalue weighted by molar-refractivity contribution is -0.120. The van der Waals surface area contributed by atoms with Crippen LogP contribution >= 0.6 is 11.8 Å². The van der Waals surface area contributed by atoms with Gasteiger partial charge in [0, 0.05) is 5.69 Å². The van der Waals surface area contributed by atoms with E-state index in [1.807, 2.05) is 12.1 Å². The number of nitrogens with two attached hydrogens (primary N) is 1. The first-order valence-electron chi connectivity index (χ1n) is 6.13.